The Hall–Kier alpha value is -1.69. The van der Waals surface area contributed by atoms with Gasteiger partial charge in [-0.25, -0.2) is 4.79 Å². The second-order valence-electron chi connectivity index (χ2n) is 5.69. The molecule has 2 heterocycles. The summed E-state index contributed by atoms with van der Waals surface area (Å²) in [6, 6.07) is 6.49. The molecule has 2 aromatic rings. The molecule has 3 rings (SSSR count). The highest BCUT2D eigenvalue weighted by Crippen LogP contribution is 2.27. The zero-order valence-corrected chi connectivity index (χ0v) is 15.5. The van der Waals surface area contributed by atoms with Crippen LogP contribution < -0.4 is 10.1 Å². The van der Waals surface area contributed by atoms with E-state index in [4.69, 9.17) is 39.5 Å². The van der Waals surface area contributed by atoms with Crippen molar-refractivity contribution in [1.29, 1.82) is 0 Å². The maximum Gasteiger partial charge on any atom is 0.321 e. The Labute approximate surface area is 160 Å². The molecule has 0 bridgehead atoms. The summed E-state index contributed by atoms with van der Waals surface area (Å²) in [5, 5.41) is 4.13. The van der Waals surface area contributed by atoms with E-state index in [9.17, 15) is 4.79 Å². The van der Waals surface area contributed by atoms with Crippen LogP contribution in [0.25, 0.3) is 0 Å². The van der Waals surface area contributed by atoms with Crippen molar-refractivity contribution in [3.8, 4) is 5.75 Å². The monoisotopic (exact) mass is 399 g/mol. The lowest BCUT2D eigenvalue weighted by atomic mass is 10.1. The van der Waals surface area contributed by atoms with Crippen LogP contribution in [0.1, 0.15) is 12.8 Å². The van der Waals surface area contributed by atoms with Crippen LogP contribution >= 0.6 is 34.8 Å². The van der Waals surface area contributed by atoms with Crippen LogP contribution in [0, 0.1) is 0 Å². The van der Waals surface area contributed by atoms with Crippen LogP contribution in [0.2, 0.25) is 15.1 Å². The average Bonchev–Trinajstić information content (AvgIpc) is 2.60. The summed E-state index contributed by atoms with van der Waals surface area (Å²) in [6.07, 6.45) is 4.75. The van der Waals surface area contributed by atoms with Crippen molar-refractivity contribution in [3.63, 3.8) is 0 Å². The highest BCUT2D eigenvalue weighted by atomic mass is 35.5. The third-order valence-electron chi connectivity index (χ3n) is 3.87. The molecule has 0 radical (unpaired) electrons. The van der Waals surface area contributed by atoms with Gasteiger partial charge in [-0.2, -0.15) is 0 Å². The summed E-state index contributed by atoms with van der Waals surface area (Å²) < 4.78 is 5.92. The fourth-order valence-electron chi connectivity index (χ4n) is 2.63. The minimum absolute atomic E-state index is 0.117. The van der Waals surface area contributed by atoms with Crippen molar-refractivity contribution in [1.82, 2.24) is 9.88 Å². The normalized spacial score (nSPS) is 17.2. The van der Waals surface area contributed by atoms with E-state index in [0.29, 0.717) is 39.6 Å². The molecule has 1 aromatic carbocycles. The number of hydrogen-bond donors (Lipinski definition) is 1. The summed E-state index contributed by atoms with van der Waals surface area (Å²) in [4.78, 5) is 18.1. The van der Waals surface area contributed by atoms with Crippen LogP contribution in [0.5, 0.6) is 5.75 Å². The molecule has 0 spiro atoms. The summed E-state index contributed by atoms with van der Waals surface area (Å²) in [5.74, 6) is 0.577. The van der Waals surface area contributed by atoms with Gasteiger partial charge in [-0.1, -0.05) is 34.8 Å². The quantitative estimate of drug-likeness (QED) is 0.778. The summed E-state index contributed by atoms with van der Waals surface area (Å²) >= 11 is 17.9. The molecule has 1 aliphatic heterocycles. The number of halogens is 3. The Kier molecular flexibility index (Phi) is 5.89. The van der Waals surface area contributed by atoms with Crippen molar-refractivity contribution in [2.75, 3.05) is 18.4 Å². The number of aromatic nitrogens is 1. The molecular formula is C17H16Cl3N3O2. The number of carbonyl (C=O) groups is 1. The third-order valence-corrected chi connectivity index (χ3v) is 4.89. The van der Waals surface area contributed by atoms with Crippen molar-refractivity contribution < 1.29 is 9.53 Å². The van der Waals surface area contributed by atoms with Crippen LogP contribution in [-0.4, -0.2) is 35.1 Å². The van der Waals surface area contributed by atoms with Gasteiger partial charge in [-0.3, -0.25) is 4.98 Å². The number of hydrogen-bond acceptors (Lipinski definition) is 3. The van der Waals surface area contributed by atoms with Gasteiger partial charge in [0.05, 0.1) is 16.6 Å². The van der Waals surface area contributed by atoms with Crippen LogP contribution in [0.4, 0.5) is 10.5 Å². The maximum atomic E-state index is 12.5. The Morgan fingerprint density at radius 1 is 1.20 bits per heavy atom. The van der Waals surface area contributed by atoms with E-state index in [-0.39, 0.29) is 12.1 Å². The standard InChI is InChI=1S/C17H16Cl3N3O2/c18-13-4-3-11(8-14(13)19)22-17(24)23-7-1-2-12(10-23)25-16-5-6-21-9-15(16)20/h3-6,8-9,12H,1-2,7,10H2,(H,22,24). The number of amides is 2. The minimum atomic E-state index is -0.201. The van der Waals surface area contributed by atoms with Gasteiger partial charge in [0.25, 0.3) is 0 Å². The molecule has 1 atom stereocenters. The summed E-state index contributed by atoms with van der Waals surface area (Å²) in [6.45, 7) is 1.14. The smallest absolute Gasteiger partial charge is 0.321 e. The zero-order chi connectivity index (χ0) is 17.8. The van der Waals surface area contributed by atoms with Gasteiger partial charge in [-0.15, -0.1) is 0 Å². The number of urea groups is 1. The van der Waals surface area contributed by atoms with Gasteiger partial charge in [0.15, 0.2) is 0 Å². The first-order valence-corrected chi connectivity index (χ1v) is 8.93. The molecule has 25 heavy (non-hydrogen) atoms. The second-order valence-corrected chi connectivity index (χ2v) is 6.91. The number of ether oxygens (including phenoxy) is 1. The molecular weight excluding hydrogens is 385 g/mol. The van der Waals surface area contributed by atoms with E-state index >= 15 is 0 Å². The first-order valence-electron chi connectivity index (χ1n) is 7.80. The van der Waals surface area contributed by atoms with Crippen molar-refractivity contribution in [2.24, 2.45) is 0 Å². The molecule has 0 aliphatic carbocycles. The van der Waals surface area contributed by atoms with Gasteiger partial charge >= 0.3 is 6.03 Å². The number of nitrogens with zero attached hydrogens (tertiary/aromatic N) is 2. The fraction of sp³-hybridized carbons (Fsp3) is 0.294. The number of anilines is 1. The summed E-state index contributed by atoms with van der Waals surface area (Å²) in [5.41, 5.74) is 0.597. The topological polar surface area (TPSA) is 54.5 Å². The molecule has 1 fully saturated rings. The number of pyridine rings is 1. The largest absolute Gasteiger partial charge is 0.487 e. The Balaban J connectivity index is 1.61. The molecule has 0 saturated carbocycles. The molecule has 1 aromatic heterocycles. The molecule has 1 N–H and O–H groups in total. The number of benzene rings is 1. The highest BCUT2D eigenvalue weighted by molar-refractivity contribution is 6.42. The van der Waals surface area contributed by atoms with Crippen LogP contribution in [0.3, 0.4) is 0 Å². The predicted octanol–water partition coefficient (Wildman–Crippen LogP) is 5.12. The Bertz CT molecular complexity index is 773. The highest BCUT2D eigenvalue weighted by Gasteiger charge is 2.25. The van der Waals surface area contributed by atoms with Gasteiger partial charge in [-0.05, 0) is 31.0 Å². The molecule has 1 saturated heterocycles. The van der Waals surface area contributed by atoms with Crippen molar-refractivity contribution in [2.45, 2.75) is 18.9 Å². The molecule has 1 unspecified atom stereocenters. The van der Waals surface area contributed by atoms with E-state index in [1.54, 1.807) is 35.4 Å². The number of likely N-dealkylation sites (tertiary alicyclic amines) is 1. The van der Waals surface area contributed by atoms with E-state index in [1.807, 2.05) is 0 Å². The molecule has 5 nitrogen and oxygen atoms in total. The molecule has 1 aliphatic rings. The van der Waals surface area contributed by atoms with E-state index in [2.05, 4.69) is 10.3 Å². The van der Waals surface area contributed by atoms with Crippen molar-refractivity contribution in [3.05, 3.63) is 51.7 Å². The minimum Gasteiger partial charge on any atom is -0.487 e. The van der Waals surface area contributed by atoms with Crippen LogP contribution in [0.15, 0.2) is 36.7 Å². The zero-order valence-electron chi connectivity index (χ0n) is 13.2. The SMILES string of the molecule is O=C(Nc1ccc(Cl)c(Cl)c1)N1CCCC(Oc2ccncc2Cl)C1. The van der Waals surface area contributed by atoms with Gasteiger partial charge in [0.2, 0.25) is 0 Å². The molecule has 132 valence electrons. The maximum absolute atomic E-state index is 12.5. The fourth-order valence-corrected chi connectivity index (χ4v) is 3.09. The number of rotatable bonds is 3. The van der Waals surface area contributed by atoms with E-state index < -0.39 is 0 Å². The molecule has 8 heteroatoms. The van der Waals surface area contributed by atoms with E-state index in [0.717, 1.165) is 12.8 Å². The lowest BCUT2D eigenvalue weighted by Gasteiger charge is -2.33. The number of carbonyl (C=O) groups excluding carboxylic acids is 1. The van der Waals surface area contributed by atoms with Crippen molar-refractivity contribution >= 4 is 46.5 Å². The Morgan fingerprint density at radius 2 is 2.04 bits per heavy atom. The van der Waals surface area contributed by atoms with Gasteiger partial charge in [0.1, 0.15) is 16.9 Å². The first kappa shape index (κ1) is 18.1. The van der Waals surface area contributed by atoms with E-state index in [1.165, 1.54) is 6.20 Å². The Morgan fingerprint density at radius 3 is 2.80 bits per heavy atom. The number of piperidine rings is 1. The average molecular weight is 401 g/mol. The van der Waals surface area contributed by atoms with Gasteiger partial charge < -0.3 is 15.0 Å². The third kappa shape index (κ3) is 4.69. The summed E-state index contributed by atoms with van der Waals surface area (Å²) in [7, 11) is 0. The second kappa shape index (κ2) is 8.13. The predicted molar refractivity (Wildman–Crippen MR) is 100.0 cm³/mol. The molecule has 2 amide bonds. The van der Waals surface area contributed by atoms with Crippen LogP contribution in [-0.2, 0) is 0 Å². The first-order chi connectivity index (χ1) is 12.0. The lowest BCUT2D eigenvalue weighted by Crippen LogP contribution is -2.46. The number of nitrogens with one attached hydrogen (secondary N) is 1. The van der Waals surface area contributed by atoms with Gasteiger partial charge in [0, 0.05) is 30.7 Å². The lowest BCUT2D eigenvalue weighted by molar-refractivity contribution is 0.106.